The average Bonchev–Trinajstić information content (AvgIpc) is 3.22. The molecule has 11 nitrogen and oxygen atoms in total. The van der Waals surface area contributed by atoms with Crippen molar-refractivity contribution < 1.29 is 32.9 Å². The number of hydrogen-bond acceptors (Lipinski definition) is 10. The first-order chi connectivity index (χ1) is 27.6. The zero-order valence-corrected chi connectivity index (χ0v) is 36.9. The molecule has 0 aromatic heterocycles. The molecule has 0 bridgehead atoms. The molecule has 2 rings (SSSR count). The Labute approximate surface area is 343 Å². The fourth-order valence-electron chi connectivity index (χ4n) is 6.46. The van der Waals surface area contributed by atoms with Crippen LogP contribution in [0.5, 0.6) is 0 Å². The van der Waals surface area contributed by atoms with E-state index >= 15 is 0 Å². The lowest BCUT2D eigenvalue weighted by Gasteiger charge is -2.47. The Morgan fingerprint density at radius 3 is 1.20 bits per heavy atom. The van der Waals surface area contributed by atoms with Crippen LogP contribution in [0.15, 0.2) is 40.3 Å². The number of unbranched alkanes of at least 4 members (excludes halogenated alkanes) is 6. The lowest BCUT2D eigenvalue weighted by atomic mass is 10.1. The second-order valence-electron chi connectivity index (χ2n) is 14.9. The van der Waals surface area contributed by atoms with Crippen LogP contribution in [-0.4, -0.2) is 145 Å². The zero-order valence-electron chi connectivity index (χ0n) is 36.9. The van der Waals surface area contributed by atoms with Crippen LogP contribution in [0.4, 0.5) is 0 Å². The first-order valence-electron chi connectivity index (χ1n) is 22.7. The molecule has 0 aliphatic carbocycles. The predicted octanol–water partition coefficient (Wildman–Crippen LogP) is 8.73. The number of nitrogens with zero attached hydrogens (tertiary/aromatic N) is 5. The van der Waals surface area contributed by atoms with Crippen LogP contribution in [-0.2, 0) is 28.4 Å². The molecule has 1 atom stereocenters. The maximum absolute atomic E-state index is 6.38. The number of quaternary nitrogens is 1. The molecule has 1 aliphatic heterocycles. The van der Waals surface area contributed by atoms with Crippen molar-refractivity contribution >= 4 is 11.9 Å². The van der Waals surface area contributed by atoms with Gasteiger partial charge in [0.1, 0.15) is 13.1 Å². The van der Waals surface area contributed by atoms with Crippen molar-refractivity contribution in [2.75, 3.05) is 119 Å². The van der Waals surface area contributed by atoms with Crippen LogP contribution in [0.2, 0.25) is 0 Å². The lowest BCUT2D eigenvalue weighted by molar-refractivity contribution is -0.880. The molecule has 0 N–H and O–H groups in total. The van der Waals surface area contributed by atoms with Crippen molar-refractivity contribution in [3.05, 3.63) is 35.9 Å². The smallest absolute Gasteiger partial charge is 0.310 e. The Morgan fingerprint density at radius 2 is 0.821 bits per heavy atom. The minimum absolute atomic E-state index is 0.266. The van der Waals surface area contributed by atoms with Crippen LogP contribution in [0.3, 0.4) is 0 Å². The van der Waals surface area contributed by atoms with Gasteiger partial charge in [0.05, 0.1) is 39.6 Å². The van der Waals surface area contributed by atoms with Gasteiger partial charge in [-0.3, -0.25) is 0 Å². The van der Waals surface area contributed by atoms with Gasteiger partial charge in [0.2, 0.25) is 12.1 Å². The Bertz CT molecular complexity index is 1070. The summed E-state index contributed by atoms with van der Waals surface area (Å²) >= 11 is 0. The molecule has 1 unspecified atom stereocenters. The highest BCUT2D eigenvalue weighted by Gasteiger charge is 2.49. The SMILES string of the molecule is CCCCOCCN(CCOCCCC)C1=NC(c2ccccc2)[N+](CCOCCCC)(CCOCCCC)C(N(CCOCCCC)CCOCCCC)=N1. The van der Waals surface area contributed by atoms with Crippen LogP contribution in [0, 0.1) is 0 Å². The summed E-state index contributed by atoms with van der Waals surface area (Å²) in [6, 6.07) is 10.8. The first-order valence-corrected chi connectivity index (χ1v) is 22.7. The van der Waals surface area contributed by atoms with Crippen molar-refractivity contribution in [3.8, 4) is 0 Å². The van der Waals surface area contributed by atoms with Crippen LogP contribution in [0.25, 0.3) is 0 Å². The van der Waals surface area contributed by atoms with Gasteiger partial charge in [0.25, 0.3) is 0 Å². The van der Waals surface area contributed by atoms with E-state index in [-0.39, 0.29) is 6.17 Å². The highest BCUT2D eigenvalue weighted by molar-refractivity contribution is 5.94. The number of benzene rings is 1. The van der Waals surface area contributed by atoms with Gasteiger partial charge >= 0.3 is 5.96 Å². The van der Waals surface area contributed by atoms with Gasteiger partial charge in [-0.15, -0.1) is 4.99 Å². The monoisotopic (exact) mass is 791 g/mol. The fourth-order valence-corrected chi connectivity index (χ4v) is 6.46. The van der Waals surface area contributed by atoms with Crippen molar-refractivity contribution in [2.45, 2.75) is 125 Å². The molecule has 0 radical (unpaired) electrons. The third kappa shape index (κ3) is 20.0. The molecule has 0 saturated heterocycles. The minimum Gasteiger partial charge on any atom is -0.380 e. The van der Waals surface area contributed by atoms with E-state index in [0.717, 1.165) is 134 Å². The summed E-state index contributed by atoms with van der Waals surface area (Å²) in [7, 11) is 0. The molecule has 11 heteroatoms. The molecular weight excluding hydrogens is 707 g/mol. The molecule has 324 valence electrons. The van der Waals surface area contributed by atoms with E-state index in [2.05, 4.69) is 81.7 Å². The summed E-state index contributed by atoms with van der Waals surface area (Å²) in [5.41, 5.74) is 1.15. The van der Waals surface area contributed by atoms with Crippen LogP contribution >= 0.6 is 0 Å². The van der Waals surface area contributed by atoms with E-state index < -0.39 is 0 Å². The van der Waals surface area contributed by atoms with E-state index in [4.69, 9.17) is 38.4 Å². The van der Waals surface area contributed by atoms with Gasteiger partial charge in [0, 0.05) is 71.4 Å². The summed E-state index contributed by atoms with van der Waals surface area (Å²) in [4.78, 5) is 16.0. The third-order valence-corrected chi connectivity index (χ3v) is 10.1. The number of guanidine groups is 2. The van der Waals surface area contributed by atoms with E-state index in [1.165, 1.54) is 0 Å². The molecule has 1 aromatic rings. The summed E-state index contributed by atoms with van der Waals surface area (Å²) in [6.45, 7) is 25.5. The Balaban J connectivity index is 2.76. The maximum atomic E-state index is 6.38. The maximum Gasteiger partial charge on any atom is 0.310 e. The molecule has 0 amide bonds. The Kier molecular flexibility index (Phi) is 30.2. The fraction of sp³-hybridized carbons (Fsp3) is 0.822. The molecule has 1 aromatic carbocycles. The average molecular weight is 791 g/mol. The largest absolute Gasteiger partial charge is 0.380 e. The Hall–Kier alpha value is -2.12. The van der Waals surface area contributed by atoms with Gasteiger partial charge in [-0.05, 0) is 38.5 Å². The van der Waals surface area contributed by atoms with Gasteiger partial charge in [-0.2, -0.15) is 4.99 Å². The van der Waals surface area contributed by atoms with E-state index in [1.54, 1.807) is 0 Å². The molecule has 0 fully saturated rings. The topological polar surface area (TPSA) is 86.6 Å². The highest BCUT2D eigenvalue weighted by atomic mass is 16.5. The second kappa shape index (κ2) is 33.8. The second-order valence-corrected chi connectivity index (χ2v) is 14.9. The van der Waals surface area contributed by atoms with Crippen LogP contribution < -0.4 is 0 Å². The molecule has 0 spiro atoms. The van der Waals surface area contributed by atoms with Gasteiger partial charge in [0.15, 0.2) is 0 Å². The number of rotatable bonds is 37. The van der Waals surface area contributed by atoms with E-state index in [1.807, 2.05) is 0 Å². The molecule has 56 heavy (non-hydrogen) atoms. The molecular formula is C45H84N5O6+. The third-order valence-electron chi connectivity index (χ3n) is 10.1. The quantitative estimate of drug-likeness (QED) is 0.0489. The predicted molar refractivity (Wildman–Crippen MR) is 232 cm³/mol. The van der Waals surface area contributed by atoms with Gasteiger partial charge in [-0.25, -0.2) is 4.48 Å². The van der Waals surface area contributed by atoms with E-state index in [9.17, 15) is 0 Å². The standard InChI is InChI=1S/C45H84N5O6/c1-7-13-30-51-36-24-48(25-37-52-31-14-8-2)44-46-43(42-22-20-19-21-23-42)50(28-40-55-34-17-11-5,29-41-56-35-18-12-6)45(47-44)49(26-38-53-32-15-9-3)27-39-54-33-16-10-4/h19-23,43H,7-18,24-41H2,1-6H3/q+1. The molecule has 1 heterocycles. The van der Waals surface area contributed by atoms with Crippen molar-refractivity contribution in [1.82, 2.24) is 9.80 Å². The lowest BCUT2D eigenvalue weighted by Crippen LogP contribution is -2.65. The van der Waals surface area contributed by atoms with Crippen molar-refractivity contribution in [1.29, 1.82) is 0 Å². The van der Waals surface area contributed by atoms with E-state index in [0.29, 0.717) is 83.4 Å². The highest BCUT2D eigenvalue weighted by Crippen LogP contribution is 2.36. The summed E-state index contributed by atoms with van der Waals surface area (Å²) in [5.74, 6) is 1.70. The molecule has 0 saturated carbocycles. The van der Waals surface area contributed by atoms with Crippen LogP contribution in [0.1, 0.15) is 130 Å². The van der Waals surface area contributed by atoms with Gasteiger partial charge < -0.3 is 38.2 Å². The normalized spacial score (nSPS) is 15.2. The van der Waals surface area contributed by atoms with Gasteiger partial charge in [-0.1, -0.05) is 110 Å². The molecule has 1 aliphatic rings. The van der Waals surface area contributed by atoms with Crippen molar-refractivity contribution in [3.63, 3.8) is 0 Å². The number of hydrogen-bond donors (Lipinski definition) is 0. The summed E-state index contributed by atoms with van der Waals surface area (Å²) in [6.07, 6.45) is 12.6. The minimum atomic E-state index is -0.266. The zero-order chi connectivity index (χ0) is 40.4. The number of ether oxygens (including phenoxy) is 6. The first kappa shape index (κ1) is 50.0. The Morgan fingerprint density at radius 1 is 0.464 bits per heavy atom. The summed E-state index contributed by atoms with van der Waals surface area (Å²) in [5, 5.41) is 0. The summed E-state index contributed by atoms with van der Waals surface area (Å²) < 4.78 is 38.0. The van der Waals surface area contributed by atoms with Crippen molar-refractivity contribution in [2.24, 2.45) is 9.98 Å². The number of aliphatic imine (C=N–C) groups is 2.